The number of amides is 1. The summed E-state index contributed by atoms with van der Waals surface area (Å²) in [7, 11) is 0. The molecule has 0 saturated carbocycles. The number of carbonyl (C=O) groups excluding carboxylic acids is 1. The zero-order valence-corrected chi connectivity index (χ0v) is 13.0. The maximum Gasteiger partial charge on any atom is 0.248 e. The quantitative estimate of drug-likeness (QED) is 0.826. The number of rotatable bonds is 6. The van der Waals surface area contributed by atoms with Crippen molar-refractivity contribution in [1.29, 1.82) is 5.26 Å². The van der Waals surface area contributed by atoms with Crippen molar-refractivity contribution in [3.05, 3.63) is 65.7 Å². The van der Waals surface area contributed by atoms with Gasteiger partial charge in [0.2, 0.25) is 5.91 Å². The molecule has 2 aromatic rings. The van der Waals surface area contributed by atoms with Gasteiger partial charge in [-0.25, -0.2) is 0 Å². The average Bonchev–Trinajstić information content (AvgIpc) is 2.57. The largest absolute Gasteiger partial charge is 0.494 e. The van der Waals surface area contributed by atoms with Crippen molar-refractivity contribution in [2.45, 2.75) is 13.3 Å². The molecule has 1 N–H and O–H groups in total. The molecule has 2 rings (SSSR count). The molecule has 0 aliphatic heterocycles. The first-order valence-corrected chi connectivity index (χ1v) is 7.39. The lowest BCUT2D eigenvalue weighted by Crippen LogP contribution is -2.07. The molecule has 0 aromatic heterocycles. The highest BCUT2D eigenvalue weighted by Gasteiger charge is 1.99. The van der Waals surface area contributed by atoms with E-state index in [1.54, 1.807) is 18.2 Å². The zero-order chi connectivity index (χ0) is 16.5. The topological polar surface area (TPSA) is 62.1 Å². The Hall–Kier alpha value is -3.06. The van der Waals surface area contributed by atoms with Crippen LogP contribution in [0.3, 0.4) is 0 Å². The van der Waals surface area contributed by atoms with Gasteiger partial charge >= 0.3 is 0 Å². The molecule has 0 radical (unpaired) electrons. The fourth-order valence-electron chi connectivity index (χ4n) is 1.99. The predicted octanol–water partition coefficient (Wildman–Crippen LogP) is 3.80. The van der Waals surface area contributed by atoms with Crippen molar-refractivity contribution in [2.75, 3.05) is 11.9 Å². The highest BCUT2D eigenvalue weighted by atomic mass is 16.5. The van der Waals surface area contributed by atoms with Crippen molar-refractivity contribution < 1.29 is 9.53 Å². The van der Waals surface area contributed by atoms with Gasteiger partial charge in [0.1, 0.15) is 5.75 Å². The molecule has 0 aliphatic rings. The van der Waals surface area contributed by atoms with Gasteiger partial charge in [-0.2, -0.15) is 5.26 Å². The minimum absolute atomic E-state index is 0.202. The molecule has 1 amide bonds. The van der Waals surface area contributed by atoms with Crippen LogP contribution in [0.5, 0.6) is 5.75 Å². The van der Waals surface area contributed by atoms with Crippen molar-refractivity contribution in [1.82, 2.24) is 0 Å². The van der Waals surface area contributed by atoms with Crippen LogP contribution >= 0.6 is 0 Å². The van der Waals surface area contributed by atoms with Crippen LogP contribution in [-0.4, -0.2) is 12.5 Å². The molecule has 116 valence electrons. The number of benzene rings is 2. The van der Waals surface area contributed by atoms with Gasteiger partial charge in [-0.05, 0) is 48.4 Å². The van der Waals surface area contributed by atoms with Crippen LogP contribution in [0.15, 0.2) is 54.6 Å². The predicted molar refractivity (Wildman–Crippen MR) is 91.0 cm³/mol. The lowest BCUT2D eigenvalue weighted by Gasteiger charge is -2.03. The van der Waals surface area contributed by atoms with Crippen molar-refractivity contribution in [3.8, 4) is 11.8 Å². The molecule has 0 aliphatic carbocycles. The van der Waals surface area contributed by atoms with Crippen molar-refractivity contribution in [3.63, 3.8) is 0 Å². The van der Waals surface area contributed by atoms with E-state index < -0.39 is 0 Å². The smallest absolute Gasteiger partial charge is 0.248 e. The summed E-state index contributed by atoms with van der Waals surface area (Å²) in [4.78, 5) is 11.9. The molecule has 0 saturated heterocycles. The number of nitriles is 1. The molecular formula is C19H18N2O2. The Kier molecular flexibility index (Phi) is 5.96. The minimum atomic E-state index is -0.202. The Morgan fingerprint density at radius 1 is 1.17 bits per heavy atom. The average molecular weight is 306 g/mol. The number of nitrogens with one attached hydrogen (secondary N) is 1. The number of hydrogen-bond acceptors (Lipinski definition) is 3. The molecular weight excluding hydrogens is 288 g/mol. The molecule has 4 heteroatoms. The van der Waals surface area contributed by atoms with Crippen molar-refractivity contribution in [2.24, 2.45) is 0 Å². The normalized spacial score (nSPS) is 10.3. The van der Waals surface area contributed by atoms with Crippen LogP contribution in [0.25, 0.3) is 6.08 Å². The van der Waals surface area contributed by atoms with Gasteiger partial charge in [0, 0.05) is 11.8 Å². The van der Waals surface area contributed by atoms with E-state index in [4.69, 9.17) is 10.00 Å². The summed E-state index contributed by atoms with van der Waals surface area (Å²) >= 11 is 0. The number of nitrogens with zero attached hydrogens (tertiary/aromatic N) is 1. The molecule has 0 atom stereocenters. The number of anilines is 1. The van der Waals surface area contributed by atoms with E-state index >= 15 is 0 Å². The highest BCUT2D eigenvalue weighted by molar-refractivity contribution is 6.01. The maximum absolute atomic E-state index is 11.9. The Morgan fingerprint density at radius 3 is 2.48 bits per heavy atom. The fourth-order valence-corrected chi connectivity index (χ4v) is 1.99. The third kappa shape index (κ3) is 5.33. The Balaban J connectivity index is 1.92. The molecule has 0 heterocycles. The molecule has 4 nitrogen and oxygen atoms in total. The number of carbonyl (C=O) groups is 1. The Bertz CT molecular complexity index is 711. The second kappa shape index (κ2) is 8.40. The summed E-state index contributed by atoms with van der Waals surface area (Å²) in [5.74, 6) is 0.610. The summed E-state index contributed by atoms with van der Waals surface area (Å²) in [5, 5.41) is 11.4. The van der Waals surface area contributed by atoms with Crippen LogP contribution in [0.4, 0.5) is 5.69 Å². The van der Waals surface area contributed by atoms with Gasteiger partial charge in [0.15, 0.2) is 0 Å². The van der Waals surface area contributed by atoms with E-state index in [0.29, 0.717) is 18.7 Å². The standard InChI is InChI=1S/C19H18N2O2/c1-2-23-18-10-5-15(6-11-18)7-12-19(22)21-17-8-3-16(4-9-17)13-14-20/h3-12H,2,13H2,1H3,(H,21,22)/b12-7+. The van der Waals surface area contributed by atoms with E-state index in [0.717, 1.165) is 16.9 Å². The molecule has 0 unspecified atom stereocenters. The Morgan fingerprint density at radius 2 is 1.87 bits per heavy atom. The first-order chi connectivity index (χ1) is 11.2. The lowest BCUT2D eigenvalue weighted by molar-refractivity contribution is -0.111. The van der Waals surface area contributed by atoms with Gasteiger partial charge < -0.3 is 10.1 Å². The molecule has 0 fully saturated rings. The fraction of sp³-hybridized carbons (Fsp3) is 0.158. The SMILES string of the molecule is CCOc1ccc(/C=C/C(=O)Nc2ccc(CC#N)cc2)cc1. The van der Waals surface area contributed by atoms with Crippen LogP contribution in [0.1, 0.15) is 18.1 Å². The molecule has 0 bridgehead atoms. The molecule has 0 spiro atoms. The number of ether oxygens (including phenoxy) is 1. The molecule has 2 aromatic carbocycles. The van der Waals surface area contributed by atoms with E-state index in [2.05, 4.69) is 11.4 Å². The summed E-state index contributed by atoms with van der Waals surface area (Å²) < 4.78 is 5.37. The van der Waals surface area contributed by atoms with Gasteiger partial charge in [-0.3, -0.25) is 4.79 Å². The van der Waals surface area contributed by atoms with E-state index in [9.17, 15) is 4.79 Å². The van der Waals surface area contributed by atoms with Crippen LogP contribution in [-0.2, 0) is 11.2 Å². The van der Waals surface area contributed by atoms with Gasteiger partial charge in [-0.1, -0.05) is 24.3 Å². The van der Waals surface area contributed by atoms with Crippen LogP contribution in [0, 0.1) is 11.3 Å². The minimum Gasteiger partial charge on any atom is -0.494 e. The third-order valence-corrected chi connectivity index (χ3v) is 3.12. The Labute approximate surface area is 136 Å². The summed E-state index contributed by atoms with van der Waals surface area (Å²) in [5.41, 5.74) is 2.55. The zero-order valence-electron chi connectivity index (χ0n) is 13.0. The lowest BCUT2D eigenvalue weighted by atomic mass is 10.1. The maximum atomic E-state index is 11.9. The van der Waals surface area contributed by atoms with Gasteiger partial charge in [0.05, 0.1) is 19.1 Å². The van der Waals surface area contributed by atoms with E-state index in [1.165, 1.54) is 6.08 Å². The van der Waals surface area contributed by atoms with E-state index in [-0.39, 0.29) is 5.91 Å². The summed E-state index contributed by atoms with van der Waals surface area (Å²) in [6.45, 7) is 2.57. The number of hydrogen-bond donors (Lipinski definition) is 1. The first-order valence-electron chi connectivity index (χ1n) is 7.39. The second-order valence-corrected chi connectivity index (χ2v) is 4.86. The van der Waals surface area contributed by atoms with Crippen molar-refractivity contribution >= 4 is 17.7 Å². The second-order valence-electron chi connectivity index (χ2n) is 4.86. The van der Waals surface area contributed by atoms with Gasteiger partial charge in [0.25, 0.3) is 0 Å². The summed E-state index contributed by atoms with van der Waals surface area (Å²) in [6.07, 6.45) is 3.60. The first kappa shape index (κ1) is 16.3. The third-order valence-electron chi connectivity index (χ3n) is 3.12. The molecule has 23 heavy (non-hydrogen) atoms. The van der Waals surface area contributed by atoms with Gasteiger partial charge in [-0.15, -0.1) is 0 Å². The van der Waals surface area contributed by atoms with Crippen LogP contribution < -0.4 is 10.1 Å². The highest BCUT2D eigenvalue weighted by Crippen LogP contribution is 2.13. The monoisotopic (exact) mass is 306 g/mol. The van der Waals surface area contributed by atoms with E-state index in [1.807, 2.05) is 43.3 Å². The summed E-state index contributed by atoms with van der Waals surface area (Å²) in [6, 6.07) is 16.8. The van der Waals surface area contributed by atoms with Crippen LogP contribution in [0.2, 0.25) is 0 Å².